The Morgan fingerprint density at radius 3 is 2.11 bits per heavy atom. The maximum absolute atomic E-state index is 13.2. The van der Waals surface area contributed by atoms with E-state index in [-0.39, 0.29) is 38.5 Å². The average Bonchev–Trinajstić information content (AvgIpc) is 3.06. The van der Waals surface area contributed by atoms with Crippen molar-refractivity contribution in [1.82, 2.24) is 4.90 Å². The third kappa shape index (κ3) is 3.15. The average molecular weight is 387 g/mol. The van der Waals surface area contributed by atoms with Gasteiger partial charge in [0.15, 0.2) is 0 Å². The first kappa shape index (κ1) is 18.9. The summed E-state index contributed by atoms with van der Waals surface area (Å²) < 4.78 is 32.1. The van der Waals surface area contributed by atoms with E-state index in [4.69, 9.17) is 4.74 Å². The Morgan fingerprint density at radius 2 is 1.61 bits per heavy atom. The second-order valence-electron chi connectivity index (χ2n) is 7.61. The van der Waals surface area contributed by atoms with E-state index in [0.717, 1.165) is 22.3 Å². The van der Waals surface area contributed by atoms with E-state index in [0.29, 0.717) is 0 Å². The first-order valence-electron chi connectivity index (χ1n) is 9.55. The minimum Gasteiger partial charge on any atom is -0.448 e. The standard InChI is InChI=1S/C22H23F2NO3/c23-20(24)22(14-26)9-11-25(12-10-22)21(27)28-13-19-17-7-3-1-5-15(17)16-6-2-4-8-18(16)19/h1-8,19-20,26H,9-14H2. The first-order valence-corrected chi connectivity index (χ1v) is 9.55. The van der Waals surface area contributed by atoms with E-state index < -0.39 is 24.5 Å². The predicted molar refractivity (Wildman–Crippen MR) is 101 cm³/mol. The number of carbonyl (C=O) groups is 1. The van der Waals surface area contributed by atoms with Gasteiger partial charge in [0.25, 0.3) is 0 Å². The number of piperidine rings is 1. The van der Waals surface area contributed by atoms with Crippen molar-refractivity contribution in [1.29, 1.82) is 0 Å². The molecule has 2 aromatic carbocycles. The number of halogens is 2. The van der Waals surface area contributed by atoms with Crippen LogP contribution in [0.3, 0.4) is 0 Å². The van der Waals surface area contributed by atoms with Gasteiger partial charge >= 0.3 is 6.09 Å². The van der Waals surface area contributed by atoms with E-state index >= 15 is 0 Å². The number of hydrogen-bond acceptors (Lipinski definition) is 3. The van der Waals surface area contributed by atoms with Crippen LogP contribution in [0.25, 0.3) is 11.1 Å². The molecule has 2 aromatic rings. The zero-order valence-corrected chi connectivity index (χ0v) is 15.5. The summed E-state index contributed by atoms with van der Waals surface area (Å²) in [4.78, 5) is 14.0. The van der Waals surface area contributed by atoms with E-state index in [9.17, 15) is 18.7 Å². The van der Waals surface area contributed by atoms with Crippen LogP contribution in [0.1, 0.15) is 29.9 Å². The number of amides is 1. The van der Waals surface area contributed by atoms with Crippen molar-refractivity contribution in [2.24, 2.45) is 5.41 Å². The van der Waals surface area contributed by atoms with Crippen LogP contribution >= 0.6 is 0 Å². The fraction of sp³-hybridized carbons (Fsp3) is 0.409. The summed E-state index contributed by atoms with van der Waals surface area (Å²) in [7, 11) is 0. The van der Waals surface area contributed by atoms with Gasteiger partial charge in [0.1, 0.15) is 6.61 Å². The lowest BCUT2D eigenvalue weighted by atomic mass is 9.79. The maximum Gasteiger partial charge on any atom is 0.409 e. The molecule has 0 saturated carbocycles. The Balaban J connectivity index is 1.42. The normalized spacial score (nSPS) is 18.1. The lowest BCUT2D eigenvalue weighted by Crippen LogP contribution is -2.48. The summed E-state index contributed by atoms with van der Waals surface area (Å²) in [5, 5.41) is 9.36. The molecule has 6 heteroatoms. The Hall–Kier alpha value is -2.47. The van der Waals surface area contributed by atoms with Crippen molar-refractivity contribution in [3.8, 4) is 11.1 Å². The molecule has 1 saturated heterocycles. The van der Waals surface area contributed by atoms with E-state index in [1.807, 2.05) is 36.4 Å². The van der Waals surface area contributed by atoms with Gasteiger partial charge in [-0.2, -0.15) is 0 Å². The number of aliphatic hydroxyl groups is 1. The molecule has 1 amide bonds. The van der Waals surface area contributed by atoms with Gasteiger partial charge in [-0.3, -0.25) is 0 Å². The van der Waals surface area contributed by atoms with Crippen molar-refractivity contribution < 1.29 is 23.4 Å². The molecule has 4 rings (SSSR count). The third-order valence-electron chi connectivity index (χ3n) is 6.13. The highest BCUT2D eigenvalue weighted by atomic mass is 19.3. The molecule has 2 aliphatic rings. The van der Waals surface area contributed by atoms with Gasteiger partial charge in [-0.25, -0.2) is 13.6 Å². The maximum atomic E-state index is 13.2. The highest BCUT2D eigenvalue weighted by Gasteiger charge is 2.43. The van der Waals surface area contributed by atoms with Crippen LogP contribution in [0.15, 0.2) is 48.5 Å². The quantitative estimate of drug-likeness (QED) is 0.852. The summed E-state index contributed by atoms with van der Waals surface area (Å²) in [5.41, 5.74) is 3.17. The summed E-state index contributed by atoms with van der Waals surface area (Å²) in [6.45, 7) is -0.0182. The van der Waals surface area contributed by atoms with Gasteiger partial charge in [0.2, 0.25) is 6.43 Å². The molecule has 0 atom stereocenters. The summed E-state index contributed by atoms with van der Waals surface area (Å²) in [6, 6.07) is 16.2. The van der Waals surface area contributed by atoms with Crippen LogP contribution in [0.2, 0.25) is 0 Å². The number of alkyl halides is 2. The topological polar surface area (TPSA) is 49.8 Å². The second-order valence-corrected chi connectivity index (χ2v) is 7.61. The van der Waals surface area contributed by atoms with Gasteiger partial charge < -0.3 is 14.7 Å². The van der Waals surface area contributed by atoms with Gasteiger partial charge in [-0.05, 0) is 35.1 Å². The number of benzene rings is 2. The molecule has 1 fully saturated rings. The molecule has 28 heavy (non-hydrogen) atoms. The number of aliphatic hydroxyl groups excluding tert-OH is 1. The number of rotatable bonds is 4. The van der Waals surface area contributed by atoms with Crippen LogP contribution in [0.5, 0.6) is 0 Å². The zero-order valence-electron chi connectivity index (χ0n) is 15.5. The first-order chi connectivity index (χ1) is 13.6. The van der Waals surface area contributed by atoms with Gasteiger partial charge in [0, 0.05) is 19.0 Å². The predicted octanol–water partition coefficient (Wildman–Crippen LogP) is 4.28. The highest BCUT2D eigenvalue weighted by molar-refractivity contribution is 5.79. The minimum absolute atomic E-state index is 0.0289. The monoisotopic (exact) mass is 387 g/mol. The molecule has 1 aliphatic carbocycles. The number of ether oxygens (including phenoxy) is 1. The molecular weight excluding hydrogens is 364 g/mol. The van der Waals surface area contributed by atoms with Crippen molar-refractivity contribution in [3.63, 3.8) is 0 Å². The molecule has 1 N–H and O–H groups in total. The molecule has 148 valence electrons. The Bertz CT molecular complexity index is 817. The van der Waals surface area contributed by atoms with Crippen molar-refractivity contribution >= 4 is 6.09 Å². The minimum atomic E-state index is -2.60. The van der Waals surface area contributed by atoms with E-state index in [2.05, 4.69) is 12.1 Å². The molecule has 0 bridgehead atoms. The molecule has 0 aromatic heterocycles. The lowest BCUT2D eigenvalue weighted by molar-refractivity contribution is -0.0763. The van der Waals surface area contributed by atoms with Gasteiger partial charge in [0.05, 0.1) is 12.0 Å². The number of nitrogens with zero attached hydrogens (tertiary/aromatic N) is 1. The molecular formula is C22H23F2NO3. The van der Waals surface area contributed by atoms with Crippen LogP contribution in [-0.2, 0) is 4.74 Å². The van der Waals surface area contributed by atoms with Crippen molar-refractivity contribution in [3.05, 3.63) is 59.7 Å². The number of likely N-dealkylation sites (tertiary alicyclic amines) is 1. The molecule has 4 nitrogen and oxygen atoms in total. The fourth-order valence-electron chi connectivity index (χ4n) is 4.27. The molecule has 1 heterocycles. The smallest absolute Gasteiger partial charge is 0.409 e. The molecule has 0 unspecified atom stereocenters. The van der Waals surface area contributed by atoms with Crippen LogP contribution < -0.4 is 0 Å². The van der Waals surface area contributed by atoms with Crippen molar-refractivity contribution in [2.75, 3.05) is 26.3 Å². The highest BCUT2D eigenvalue weighted by Crippen LogP contribution is 2.44. The Kier molecular flexibility index (Phi) is 5.06. The lowest BCUT2D eigenvalue weighted by Gasteiger charge is -2.39. The van der Waals surface area contributed by atoms with Gasteiger partial charge in [-0.15, -0.1) is 0 Å². The Morgan fingerprint density at radius 1 is 1.07 bits per heavy atom. The summed E-state index contributed by atoms with van der Waals surface area (Å²) in [5.74, 6) is -0.0289. The number of hydrogen-bond donors (Lipinski definition) is 1. The SMILES string of the molecule is O=C(OCC1c2ccccc2-c2ccccc21)N1CCC(CO)(C(F)F)CC1. The van der Waals surface area contributed by atoms with E-state index in [1.165, 1.54) is 4.90 Å². The molecule has 0 radical (unpaired) electrons. The van der Waals surface area contributed by atoms with Crippen molar-refractivity contribution in [2.45, 2.75) is 25.2 Å². The zero-order chi connectivity index (χ0) is 19.7. The fourth-order valence-corrected chi connectivity index (χ4v) is 4.27. The van der Waals surface area contributed by atoms with Crippen LogP contribution in [0, 0.1) is 5.41 Å². The van der Waals surface area contributed by atoms with E-state index in [1.54, 1.807) is 0 Å². The second kappa shape index (κ2) is 7.51. The summed E-state index contributed by atoms with van der Waals surface area (Å²) >= 11 is 0. The number of fused-ring (bicyclic) bond motifs is 3. The molecule has 0 spiro atoms. The van der Waals surface area contributed by atoms with Gasteiger partial charge in [-0.1, -0.05) is 48.5 Å². The third-order valence-corrected chi connectivity index (χ3v) is 6.13. The molecule has 1 aliphatic heterocycles. The van der Waals surface area contributed by atoms with Crippen LogP contribution in [0.4, 0.5) is 13.6 Å². The van der Waals surface area contributed by atoms with Crippen LogP contribution in [-0.4, -0.2) is 48.8 Å². The largest absolute Gasteiger partial charge is 0.448 e. The summed E-state index contributed by atoms with van der Waals surface area (Å²) in [6.07, 6.45) is -2.93. The number of carbonyl (C=O) groups excluding carboxylic acids is 1. The Labute approximate surface area is 162 Å².